The second-order valence-corrected chi connectivity index (χ2v) is 6.90. The van der Waals surface area contributed by atoms with Gasteiger partial charge in [0.15, 0.2) is 16.9 Å². The molecule has 3 aromatic heterocycles. The van der Waals surface area contributed by atoms with Gasteiger partial charge in [0.2, 0.25) is 0 Å². The van der Waals surface area contributed by atoms with E-state index < -0.39 is 6.09 Å². The van der Waals surface area contributed by atoms with Crippen molar-refractivity contribution in [2.24, 2.45) is 13.0 Å². The largest absolute Gasteiger partial charge is 0.412 e. The standard InChI is InChI=1S/C19H19FN6O2/c1-10(2)7-23-19(27)28-15-9-22-18-17(15)24-13(8-21-18)16-12-5-4-11(20)6-14(12)26(3)25-16/h4-6,8-10H,7H2,1-3H3,(H,21,22)(H,23,27). The highest BCUT2D eigenvalue weighted by Crippen LogP contribution is 2.29. The highest BCUT2D eigenvalue weighted by molar-refractivity contribution is 5.93. The number of nitrogens with zero attached hydrogens (tertiary/aromatic N) is 4. The maximum Gasteiger partial charge on any atom is 0.412 e. The molecule has 0 aliphatic carbocycles. The lowest BCUT2D eigenvalue weighted by atomic mass is 10.1. The first kappa shape index (κ1) is 17.9. The summed E-state index contributed by atoms with van der Waals surface area (Å²) in [6.45, 7) is 4.49. The van der Waals surface area contributed by atoms with E-state index in [-0.39, 0.29) is 11.6 Å². The zero-order valence-corrected chi connectivity index (χ0v) is 15.7. The van der Waals surface area contributed by atoms with Crippen LogP contribution in [0.1, 0.15) is 13.8 Å². The number of aryl methyl sites for hydroxylation is 1. The summed E-state index contributed by atoms with van der Waals surface area (Å²) in [5.41, 5.74) is 2.62. The minimum Gasteiger partial charge on any atom is -0.406 e. The molecule has 0 unspecified atom stereocenters. The Morgan fingerprint density at radius 3 is 3.00 bits per heavy atom. The zero-order chi connectivity index (χ0) is 19.8. The van der Waals surface area contributed by atoms with Crippen LogP contribution in [0.5, 0.6) is 5.75 Å². The molecule has 0 fully saturated rings. The van der Waals surface area contributed by atoms with Crippen LogP contribution in [0.4, 0.5) is 9.18 Å². The first-order valence-electron chi connectivity index (χ1n) is 8.85. The van der Waals surface area contributed by atoms with Crippen LogP contribution in [0.15, 0.2) is 30.6 Å². The maximum atomic E-state index is 13.6. The SMILES string of the molecule is CC(C)CNC(=O)Oc1c[nH]c2ncc(-c3nn(C)c4cc(F)ccc34)nc12. The number of amides is 1. The Morgan fingerprint density at radius 2 is 2.21 bits per heavy atom. The van der Waals surface area contributed by atoms with Crippen molar-refractivity contribution in [3.05, 3.63) is 36.4 Å². The fourth-order valence-electron chi connectivity index (χ4n) is 2.90. The Bertz CT molecular complexity index is 1180. The average molecular weight is 382 g/mol. The minimum absolute atomic E-state index is 0.275. The molecule has 4 aromatic rings. The Hall–Kier alpha value is -3.49. The summed E-state index contributed by atoms with van der Waals surface area (Å²) < 4.78 is 20.5. The van der Waals surface area contributed by atoms with E-state index in [1.165, 1.54) is 18.3 Å². The van der Waals surface area contributed by atoms with Gasteiger partial charge in [-0.1, -0.05) is 13.8 Å². The molecule has 28 heavy (non-hydrogen) atoms. The lowest BCUT2D eigenvalue weighted by Crippen LogP contribution is -2.30. The van der Waals surface area contributed by atoms with Crippen LogP contribution in [0.2, 0.25) is 0 Å². The summed E-state index contributed by atoms with van der Waals surface area (Å²) in [5.74, 6) is 0.249. The van der Waals surface area contributed by atoms with Gasteiger partial charge in [0.1, 0.15) is 17.2 Å². The van der Waals surface area contributed by atoms with Crippen LogP contribution in [-0.2, 0) is 7.05 Å². The van der Waals surface area contributed by atoms with Gasteiger partial charge in [0.05, 0.1) is 11.7 Å². The summed E-state index contributed by atoms with van der Waals surface area (Å²) >= 11 is 0. The number of halogens is 1. The van der Waals surface area contributed by atoms with E-state index in [0.717, 1.165) is 5.39 Å². The molecule has 1 aromatic carbocycles. The third-order valence-corrected chi connectivity index (χ3v) is 4.26. The summed E-state index contributed by atoms with van der Waals surface area (Å²) in [4.78, 5) is 23.8. The van der Waals surface area contributed by atoms with Gasteiger partial charge >= 0.3 is 6.09 Å². The number of H-pyrrole nitrogens is 1. The highest BCUT2D eigenvalue weighted by Gasteiger charge is 2.17. The van der Waals surface area contributed by atoms with Crippen LogP contribution in [-0.4, -0.2) is 37.4 Å². The van der Waals surface area contributed by atoms with E-state index in [9.17, 15) is 9.18 Å². The molecule has 1 amide bonds. The number of nitrogens with one attached hydrogen (secondary N) is 2. The van der Waals surface area contributed by atoms with Crippen LogP contribution < -0.4 is 10.1 Å². The van der Waals surface area contributed by atoms with Crippen molar-refractivity contribution in [2.45, 2.75) is 13.8 Å². The first-order chi connectivity index (χ1) is 13.4. The molecule has 0 aliphatic rings. The molecule has 0 saturated carbocycles. The number of carbonyl (C=O) groups is 1. The van der Waals surface area contributed by atoms with Crippen molar-refractivity contribution in [1.82, 2.24) is 30.0 Å². The van der Waals surface area contributed by atoms with Gasteiger partial charge in [-0.15, -0.1) is 0 Å². The van der Waals surface area contributed by atoms with E-state index >= 15 is 0 Å². The highest BCUT2D eigenvalue weighted by atomic mass is 19.1. The van der Waals surface area contributed by atoms with Crippen molar-refractivity contribution in [3.63, 3.8) is 0 Å². The van der Waals surface area contributed by atoms with Crippen molar-refractivity contribution in [1.29, 1.82) is 0 Å². The van der Waals surface area contributed by atoms with Crippen molar-refractivity contribution < 1.29 is 13.9 Å². The lowest BCUT2D eigenvalue weighted by Gasteiger charge is -2.07. The van der Waals surface area contributed by atoms with Crippen molar-refractivity contribution in [3.8, 4) is 17.1 Å². The van der Waals surface area contributed by atoms with Gasteiger partial charge in [0.25, 0.3) is 0 Å². The minimum atomic E-state index is -0.555. The van der Waals surface area contributed by atoms with Crippen molar-refractivity contribution in [2.75, 3.05) is 6.54 Å². The van der Waals surface area contributed by atoms with Crippen LogP contribution >= 0.6 is 0 Å². The fourth-order valence-corrected chi connectivity index (χ4v) is 2.90. The molecule has 0 atom stereocenters. The zero-order valence-electron chi connectivity index (χ0n) is 15.7. The van der Waals surface area contributed by atoms with Gasteiger partial charge in [-0.3, -0.25) is 4.68 Å². The van der Waals surface area contributed by atoms with Crippen LogP contribution in [0.3, 0.4) is 0 Å². The van der Waals surface area contributed by atoms with E-state index in [0.29, 0.717) is 40.5 Å². The van der Waals surface area contributed by atoms with Gasteiger partial charge in [0, 0.05) is 25.2 Å². The quantitative estimate of drug-likeness (QED) is 0.564. The average Bonchev–Trinajstić information content (AvgIpc) is 3.21. The Labute approximate surface area is 159 Å². The Kier molecular flexibility index (Phi) is 4.42. The van der Waals surface area contributed by atoms with Gasteiger partial charge in [-0.05, 0) is 24.1 Å². The van der Waals surface area contributed by atoms with E-state index in [2.05, 4.69) is 25.4 Å². The molecule has 9 heteroatoms. The second kappa shape index (κ2) is 6.91. The molecule has 3 heterocycles. The number of hydrogen-bond donors (Lipinski definition) is 2. The Morgan fingerprint density at radius 1 is 1.39 bits per heavy atom. The summed E-state index contributed by atoms with van der Waals surface area (Å²) in [7, 11) is 1.74. The first-order valence-corrected chi connectivity index (χ1v) is 8.85. The van der Waals surface area contributed by atoms with Crippen LogP contribution in [0, 0.1) is 11.7 Å². The fraction of sp³-hybridized carbons (Fsp3) is 0.263. The number of aromatic amines is 1. The third-order valence-electron chi connectivity index (χ3n) is 4.26. The predicted molar refractivity (Wildman–Crippen MR) is 102 cm³/mol. The smallest absolute Gasteiger partial charge is 0.406 e. The molecule has 0 radical (unpaired) electrons. The molecular formula is C19H19FN6O2. The maximum absolute atomic E-state index is 13.6. The topological polar surface area (TPSA) is 97.7 Å². The van der Waals surface area contributed by atoms with Gasteiger partial charge in [-0.2, -0.15) is 5.10 Å². The van der Waals surface area contributed by atoms with Gasteiger partial charge < -0.3 is 15.0 Å². The number of rotatable bonds is 4. The molecule has 0 spiro atoms. The molecule has 0 bridgehead atoms. The van der Waals surface area contributed by atoms with E-state index in [1.54, 1.807) is 24.0 Å². The molecular weight excluding hydrogens is 363 g/mol. The summed E-state index contributed by atoms with van der Waals surface area (Å²) in [6, 6.07) is 4.46. The third kappa shape index (κ3) is 3.26. The molecule has 0 saturated heterocycles. The number of hydrogen-bond acceptors (Lipinski definition) is 5. The molecule has 8 nitrogen and oxygen atoms in total. The van der Waals surface area contributed by atoms with Crippen LogP contribution in [0.25, 0.3) is 33.5 Å². The summed E-state index contributed by atoms with van der Waals surface area (Å²) in [5, 5.41) is 7.89. The normalized spacial score (nSPS) is 11.5. The lowest BCUT2D eigenvalue weighted by molar-refractivity contribution is 0.199. The number of fused-ring (bicyclic) bond motifs is 2. The molecule has 144 valence electrons. The number of carbonyl (C=O) groups excluding carboxylic acids is 1. The van der Waals surface area contributed by atoms with Gasteiger partial charge in [-0.25, -0.2) is 19.2 Å². The Balaban J connectivity index is 1.71. The number of ether oxygens (including phenoxy) is 1. The summed E-state index contributed by atoms with van der Waals surface area (Å²) in [6.07, 6.45) is 2.56. The second-order valence-electron chi connectivity index (χ2n) is 6.90. The predicted octanol–water partition coefficient (Wildman–Crippen LogP) is 3.40. The monoisotopic (exact) mass is 382 g/mol. The van der Waals surface area contributed by atoms with E-state index in [4.69, 9.17) is 4.74 Å². The number of aromatic nitrogens is 5. The molecule has 4 rings (SSSR count). The molecule has 0 aliphatic heterocycles. The molecule has 2 N–H and O–H groups in total. The number of benzene rings is 1. The van der Waals surface area contributed by atoms with E-state index in [1.807, 2.05) is 13.8 Å². The van der Waals surface area contributed by atoms with Crippen molar-refractivity contribution >= 4 is 28.2 Å².